The Kier molecular flexibility index (Phi) is 3.26. The van der Waals surface area contributed by atoms with Gasteiger partial charge in [-0.3, -0.25) is 4.40 Å². The van der Waals surface area contributed by atoms with E-state index in [0.717, 1.165) is 16.7 Å². The Morgan fingerprint density at radius 3 is 2.43 bits per heavy atom. The second kappa shape index (κ2) is 4.97. The first-order valence-electron chi connectivity index (χ1n) is 6.60. The lowest BCUT2D eigenvalue weighted by atomic mass is 9.97. The van der Waals surface area contributed by atoms with Gasteiger partial charge in [0.05, 0.1) is 5.02 Å². The Morgan fingerprint density at radius 2 is 1.81 bits per heavy atom. The number of nitroso groups, excluding NO2 is 1. The third kappa shape index (κ3) is 2.21. The number of hydrogen-bond donors (Lipinski definition) is 0. The van der Waals surface area contributed by atoms with Crippen LogP contribution in [-0.4, -0.2) is 9.38 Å². The molecule has 0 aliphatic carbocycles. The minimum absolute atomic E-state index is 0.280. The minimum Gasteiger partial charge on any atom is -0.280 e. The standard InChI is InChI=1S/C16H14ClN3O/c1-9-6-10(2)14(11(3)7-9)15-16(19-21)20-8-12(17)4-5-13(20)18-15/h4-8H,1-3H3. The molecule has 0 amide bonds. The smallest absolute Gasteiger partial charge is 0.209 e. The van der Waals surface area contributed by atoms with Crippen molar-refractivity contribution >= 4 is 23.1 Å². The summed E-state index contributed by atoms with van der Waals surface area (Å²) >= 11 is 5.99. The van der Waals surface area contributed by atoms with E-state index in [4.69, 9.17) is 11.6 Å². The summed E-state index contributed by atoms with van der Waals surface area (Å²) in [6.45, 7) is 6.08. The maximum Gasteiger partial charge on any atom is 0.209 e. The second-order valence-corrected chi connectivity index (χ2v) is 5.66. The third-order valence-corrected chi connectivity index (χ3v) is 3.78. The van der Waals surface area contributed by atoms with Crippen LogP contribution in [0, 0.1) is 25.7 Å². The van der Waals surface area contributed by atoms with Crippen LogP contribution in [0.5, 0.6) is 0 Å². The summed E-state index contributed by atoms with van der Waals surface area (Å²) in [7, 11) is 0. The quantitative estimate of drug-likeness (QED) is 0.627. The molecule has 0 atom stereocenters. The molecule has 0 saturated heterocycles. The molecule has 0 N–H and O–H groups in total. The lowest BCUT2D eigenvalue weighted by molar-refractivity contribution is 1.16. The Balaban J connectivity index is 2.38. The zero-order chi connectivity index (χ0) is 15.1. The number of aryl methyl sites for hydroxylation is 3. The molecular formula is C16H14ClN3O. The van der Waals surface area contributed by atoms with Crippen LogP contribution < -0.4 is 0 Å². The van der Waals surface area contributed by atoms with Gasteiger partial charge in [-0.05, 0) is 49.2 Å². The van der Waals surface area contributed by atoms with Gasteiger partial charge in [-0.1, -0.05) is 29.3 Å². The largest absolute Gasteiger partial charge is 0.280 e. The van der Waals surface area contributed by atoms with E-state index < -0.39 is 0 Å². The summed E-state index contributed by atoms with van der Waals surface area (Å²) in [5.41, 5.74) is 5.54. The number of pyridine rings is 1. The Hall–Kier alpha value is -2.20. The molecule has 1 aromatic carbocycles. The van der Waals surface area contributed by atoms with Crippen molar-refractivity contribution in [2.24, 2.45) is 5.18 Å². The highest BCUT2D eigenvalue weighted by Gasteiger charge is 2.18. The van der Waals surface area contributed by atoms with E-state index in [0.29, 0.717) is 16.4 Å². The van der Waals surface area contributed by atoms with Crippen molar-refractivity contribution < 1.29 is 0 Å². The molecule has 4 nitrogen and oxygen atoms in total. The minimum atomic E-state index is 0.280. The van der Waals surface area contributed by atoms with Crippen molar-refractivity contribution in [3.05, 3.63) is 57.1 Å². The van der Waals surface area contributed by atoms with Crippen molar-refractivity contribution in [1.29, 1.82) is 0 Å². The monoisotopic (exact) mass is 299 g/mol. The lowest BCUT2D eigenvalue weighted by Gasteiger charge is -2.09. The predicted molar refractivity (Wildman–Crippen MR) is 85.3 cm³/mol. The van der Waals surface area contributed by atoms with Gasteiger partial charge in [0.2, 0.25) is 5.82 Å². The number of fused-ring (bicyclic) bond motifs is 1. The first kappa shape index (κ1) is 13.8. The SMILES string of the molecule is Cc1cc(C)c(-c2nc3ccc(Cl)cn3c2N=O)c(C)c1. The normalized spacial score (nSPS) is 11.0. The van der Waals surface area contributed by atoms with Crippen molar-refractivity contribution in [2.45, 2.75) is 20.8 Å². The highest BCUT2D eigenvalue weighted by atomic mass is 35.5. The van der Waals surface area contributed by atoms with Crippen molar-refractivity contribution in [3.63, 3.8) is 0 Å². The van der Waals surface area contributed by atoms with Crippen molar-refractivity contribution in [3.8, 4) is 11.3 Å². The molecule has 0 aliphatic rings. The molecule has 0 saturated carbocycles. The number of nitrogens with zero attached hydrogens (tertiary/aromatic N) is 3. The van der Waals surface area contributed by atoms with Crippen LogP contribution in [0.4, 0.5) is 5.82 Å². The average Bonchev–Trinajstić information content (AvgIpc) is 2.74. The molecule has 2 aromatic heterocycles. The van der Waals surface area contributed by atoms with Crippen molar-refractivity contribution in [2.75, 3.05) is 0 Å². The van der Waals surface area contributed by atoms with Crippen LogP contribution >= 0.6 is 11.6 Å². The maximum absolute atomic E-state index is 11.3. The fraction of sp³-hybridized carbons (Fsp3) is 0.188. The topological polar surface area (TPSA) is 46.7 Å². The molecule has 5 heteroatoms. The van der Waals surface area contributed by atoms with E-state index in [1.165, 1.54) is 5.56 Å². The first-order valence-corrected chi connectivity index (χ1v) is 6.98. The number of rotatable bonds is 2. The van der Waals surface area contributed by atoms with Crippen LogP contribution in [0.1, 0.15) is 16.7 Å². The summed E-state index contributed by atoms with van der Waals surface area (Å²) in [6, 6.07) is 7.68. The van der Waals surface area contributed by atoms with Crippen LogP contribution in [0.15, 0.2) is 35.6 Å². The molecule has 0 fully saturated rings. The molecule has 0 bridgehead atoms. The van der Waals surface area contributed by atoms with Crippen LogP contribution in [0.3, 0.4) is 0 Å². The zero-order valence-corrected chi connectivity index (χ0v) is 12.8. The number of aromatic nitrogens is 2. The number of halogens is 1. The van der Waals surface area contributed by atoms with E-state index in [-0.39, 0.29) is 5.82 Å². The highest BCUT2D eigenvalue weighted by molar-refractivity contribution is 6.30. The summed E-state index contributed by atoms with van der Waals surface area (Å²) in [4.78, 5) is 15.9. The van der Waals surface area contributed by atoms with Gasteiger partial charge in [-0.25, -0.2) is 4.98 Å². The fourth-order valence-corrected chi connectivity index (χ4v) is 2.98. The molecule has 2 heterocycles. The van der Waals surface area contributed by atoms with Crippen molar-refractivity contribution in [1.82, 2.24) is 9.38 Å². The van der Waals surface area contributed by atoms with E-state index >= 15 is 0 Å². The van der Waals surface area contributed by atoms with Gasteiger partial charge in [0, 0.05) is 11.8 Å². The Bertz CT molecular complexity index is 844. The van der Waals surface area contributed by atoms with E-state index in [1.54, 1.807) is 22.7 Å². The van der Waals surface area contributed by atoms with Gasteiger partial charge in [-0.2, -0.15) is 0 Å². The molecule has 21 heavy (non-hydrogen) atoms. The summed E-state index contributed by atoms with van der Waals surface area (Å²) < 4.78 is 1.63. The molecule has 3 aromatic rings. The van der Waals surface area contributed by atoms with Gasteiger partial charge < -0.3 is 0 Å². The van der Waals surface area contributed by atoms with Gasteiger partial charge in [0.25, 0.3) is 0 Å². The van der Waals surface area contributed by atoms with E-state index in [2.05, 4.69) is 22.3 Å². The van der Waals surface area contributed by atoms with Crippen LogP contribution in [0.2, 0.25) is 5.02 Å². The summed E-state index contributed by atoms with van der Waals surface area (Å²) in [5, 5.41) is 3.71. The van der Waals surface area contributed by atoms with Crippen LogP contribution in [-0.2, 0) is 0 Å². The third-order valence-electron chi connectivity index (χ3n) is 3.56. The summed E-state index contributed by atoms with van der Waals surface area (Å²) in [6.07, 6.45) is 1.66. The molecule has 106 valence electrons. The fourth-order valence-electron chi connectivity index (χ4n) is 2.81. The Morgan fingerprint density at radius 1 is 1.14 bits per heavy atom. The average molecular weight is 300 g/mol. The Labute approximate surface area is 127 Å². The number of hydrogen-bond acceptors (Lipinski definition) is 3. The molecular weight excluding hydrogens is 286 g/mol. The van der Waals surface area contributed by atoms with Gasteiger partial charge in [0.15, 0.2) is 0 Å². The van der Waals surface area contributed by atoms with E-state index in [9.17, 15) is 4.91 Å². The summed E-state index contributed by atoms with van der Waals surface area (Å²) in [5.74, 6) is 0.280. The first-order chi connectivity index (χ1) is 10.0. The maximum atomic E-state index is 11.3. The zero-order valence-electron chi connectivity index (χ0n) is 12.0. The molecule has 0 spiro atoms. The predicted octanol–water partition coefficient (Wildman–Crippen LogP) is 4.98. The second-order valence-electron chi connectivity index (χ2n) is 5.22. The number of benzene rings is 1. The van der Waals surface area contributed by atoms with Gasteiger partial charge in [0.1, 0.15) is 11.3 Å². The molecule has 0 radical (unpaired) electrons. The van der Waals surface area contributed by atoms with Crippen LogP contribution in [0.25, 0.3) is 16.9 Å². The van der Waals surface area contributed by atoms with Gasteiger partial charge in [-0.15, -0.1) is 4.91 Å². The molecule has 0 aliphatic heterocycles. The molecule has 0 unspecified atom stereocenters. The number of imidazole rings is 1. The highest BCUT2D eigenvalue weighted by Crippen LogP contribution is 2.36. The lowest BCUT2D eigenvalue weighted by Crippen LogP contribution is -1.90. The molecule has 3 rings (SSSR count). The van der Waals surface area contributed by atoms with E-state index in [1.807, 2.05) is 20.8 Å². The van der Waals surface area contributed by atoms with Gasteiger partial charge >= 0.3 is 0 Å².